The average molecular weight is 376 g/mol. The Labute approximate surface area is 153 Å². The van der Waals surface area contributed by atoms with Crippen molar-refractivity contribution in [1.29, 1.82) is 5.41 Å². The van der Waals surface area contributed by atoms with Crippen molar-refractivity contribution in [2.75, 3.05) is 12.9 Å². The Morgan fingerprint density at radius 1 is 1.33 bits per heavy atom. The van der Waals surface area contributed by atoms with Crippen LogP contribution >= 0.6 is 34.4 Å². The molecule has 0 saturated carbocycles. The van der Waals surface area contributed by atoms with Crippen LogP contribution in [0, 0.1) is 5.41 Å². The smallest absolute Gasteiger partial charge is 0.133 e. The van der Waals surface area contributed by atoms with Crippen LogP contribution in [0.5, 0.6) is 5.75 Å². The zero-order valence-electron chi connectivity index (χ0n) is 13.3. The highest BCUT2D eigenvalue weighted by Gasteiger charge is 2.15. The number of thioether (sulfide) groups is 1. The number of thiophene rings is 1. The molecule has 0 spiro atoms. The fraction of sp³-hybridized carbons (Fsp3) is 0.176. The zero-order chi connectivity index (χ0) is 17.1. The van der Waals surface area contributed by atoms with Crippen molar-refractivity contribution in [3.63, 3.8) is 0 Å². The van der Waals surface area contributed by atoms with Gasteiger partial charge in [0.1, 0.15) is 16.6 Å². The molecule has 24 heavy (non-hydrogen) atoms. The molecular formula is C17H17N3OS3. The van der Waals surface area contributed by atoms with Gasteiger partial charge in [0.05, 0.1) is 21.4 Å². The van der Waals surface area contributed by atoms with Crippen LogP contribution in [0.15, 0.2) is 39.9 Å². The van der Waals surface area contributed by atoms with E-state index in [9.17, 15) is 0 Å². The largest absolute Gasteiger partial charge is 0.494 e. The monoisotopic (exact) mass is 375 g/mol. The van der Waals surface area contributed by atoms with Crippen LogP contribution in [0.2, 0.25) is 0 Å². The number of amidine groups is 1. The maximum Gasteiger partial charge on any atom is 0.133 e. The Hall–Kier alpha value is -1.83. The summed E-state index contributed by atoms with van der Waals surface area (Å²) >= 11 is 4.80. The maximum absolute atomic E-state index is 7.63. The molecule has 0 atom stereocenters. The van der Waals surface area contributed by atoms with E-state index in [1.54, 1.807) is 23.1 Å². The number of nitrogens with one attached hydrogen (secondary N) is 1. The highest BCUT2D eigenvalue weighted by molar-refractivity contribution is 8.00. The first-order valence-electron chi connectivity index (χ1n) is 7.33. The third kappa shape index (κ3) is 3.48. The SMILES string of the molecule is CCOc1ccc(-c2csc(-c3cc(C(=N)N)sc3SC)n2)cc1. The predicted octanol–water partition coefficient (Wildman–Crippen LogP) is 4.94. The topological polar surface area (TPSA) is 72.0 Å². The molecule has 2 heterocycles. The summed E-state index contributed by atoms with van der Waals surface area (Å²) in [5.41, 5.74) is 8.68. The van der Waals surface area contributed by atoms with Gasteiger partial charge in [-0.1, -0.05) is 0 Å². The van der Waals surface area contributed by atoms with Crippen molar-refractivity contribution in [2.24, 2.45) is 5.73 Å². The molecule has 4 nitrogen and oxygen atoms in total. The molecule has 0 unspecified atom stereocenters. The number of nitrogens with zero attached hydrogens (tertiary/aromatic N) is 1. The van der Waals surface area contributed by atoms with E-state index in [0.717, 1.165) is 36.7 Å². The number of ether oxygens (including phenoxy) is 1. The first-order chi connectivity index (χ1) is 11.6. The number of nitrogen functional groups attached to an aromatic ring is 1. The van der Waals surface area contributed by atoms with Gasteiger partial charge in [-0.2, -0.15) is 0 Å². The first-order valence-corrected chi connectivity index (χ1v) is 10.3. The molecule has 124 valence electrons. The summed E-state index contributed by atoms with van der Waals surface area (Å²) in [6.07, 6.45) is 2.03. The Kier molecular flexibility index (Phi) is 5.23. The van der Waals surface area contributed by atoms with Crippen LogP contribution in [-0.2, 0) is 0 Å². The number of benzene rings is 1. The van der Waals surface area contributed by atoms with Crippen molar-refractivity contribution in [1.82, 2.24) is 4.98 Å². The van der Waals surface area contributed by atoms with Gasteiger partial charge in [0.2, 0.25) is 0 Å². The Balaban J connectivity index is 1.91. The Bertz CT molecular complexity index is 852. The molecule has 0 fully saturated rings. The third-order valence-corrected chi connectivity index (χ3v) is 6.52. The zero-order valence-corrected chi connectivity index (χ0v) is 15.8. The van der Waals surface area contributed by atoms with Crippen LogP contribution in [0.1, 0.15) is 11.8 Å². The van der Waals surface area contributed by atoms with Crippen LogP contribution in [0.25, 0.3) is 21.8 Å². The Morgan fingerprint density at radius 3 is 2.71 bits per heavy atom. The van der Waals surface area contributed by atoms with Crippen molar-refractivity contribution < 1.29 is 4.74 Å². The molecule has 0 aliphatic carbocycles. The van der Waals surface area contributed by atoms with Crippen molar-refractivity contribution in [3.8, 4) is 27.6 Å². The molecule has 3 N–H and O–H groups in total. The quantitative estimate of drug-likeness (QED) is 0.363. The fourth-order valence-electron chi connectivity index (χ4n) is 2.23. The molecule has 3 aromatic rings. The number of nitrogens with two attached hydrogens (primary N) is 1. The van der Waals surface area contributed by atoms with E-state index >= 15 is 0 Å². The van der Waals surface area contributed by atoms with E-state index in [4.69, 9.17) is 20.9 Å². The van der Waals surface area contributed by atoms with E-state index < -0.39 is 0 Å². The van der Waals surface area contributed by atoms with Crippen molar-refractivity contribution in [3.05, 3.63) is 40.6 Å². The molecule has 3 rings (SSSR count). The molecule has 1 aromatic carbocycles. The lowest BCUT2D eigenvalue weighted by atomic mass is 10.2. The minimum atomic E-state index is 0.102. The van der Waals surface area contributed by atoms with Gasteiger partial charge in [-0.25, -0.2) is 4.98 Å². The average Bonchev–Trinajstić information content (AvgIpc) is 3.22. The van der Waals surface area contributed by atoms with Gasteiger partial charge in [0, 0.05) is 16.5 Å². The maximum atomic E-state index is 7.63. The molecule has 7 heteroatoms. The fourth-order valence-corrected chi connectivity index (χ4v) is 4.94. The molecule has 0 aliphatic rings. The second kappa shape index (κ2) is 7.38. The molecular weight excluding hydrogens is 358 g/mol. The van der Waals surface area contributed by atoms with E-state index in [-0.39, 0.29) is 5.84 Å². The summed E-state index contributed by atoms with van der Waals surface area (Å²) in [4.78, 5) is 5.55. The number of thiazole rings is 1. The van der Waals surface area contributed by atoms with Crippen LogP contribution in [0.3, 0.4) is 0 Å². The highest BCUT2D eigenvalue weighted by Crippen LogP contribution is 2.40. The Morgan fingerprint density at radius 2 is 2.08 bits per heavy atom. The van der Waals surface area contributed by atoms with E-state index in [1.807, 2.05) is 43.5 Å². The van der Waals surface area contributed by atoms with Gasteiger partial charge in [-0.15, -0.1) is 34.4 Å². The minimum Gasteiger partial charge on any atom is -0.494 e. The van der Waals surface area contributed by atoms with Crippen LogP contribution < -0.4 is 10.5 Å². The second-order valence-electron chi connectivity index (χ2n) is 4.92. The van der Waals surface area contributed by atoms with Crippen LogP contribution in [-0.4, -0.2) is 23.7 Å². The lowest BCUT2D eigenvalue weighted by Crippen LogP contribution is -2.08. The lowest BCUT2D eigenvalue weighted by molar-refractivity contribution is 0.340. The van der Waals surface area contributed by atoms with Gasteiger partial charge in [-0.3, -0.25) is 5.41 Å². The lowest BCUT2D eigenvalue weighted by Gasteiger charge is -2.03. The number of rotatable bonds is 6. The molecule has 0 amide bonds. The number of aromatic nitrogens is 1. The standard InChI is InChI=1S/C17H17N3OS3/c1-3-21-11-6-4-10(5-7-11)13-9-23-16(20-13)12-8-14(15(18)19)24-17(12)22-2/h4-9H,3H2,1-2H3,(H3,18,19). The highest BCUT2D eigenvalue weighted by atomic mass is 32.2. The summed E-state index contributed by atoms with van der Waals surface area (Å²) in [5, 5.41) is 10.6. The van der Waals surface area contributed by atoms with Crippen LogP contribution in [0.4, 0.5) is 0 Å². The predicted molar refractivity (Wildman–Crippen MR) is 105 cm³/mol. The normalized spacial score (nSPS) is 10.8. The summed E-state index contributed by atoms with van der Waals surface area (Å²) in [5.74, 6) is 0.968. The number of hydrogen-bond donors (Lipinski definition) is 2. The summed E-state index contributed by atoms with van der Waals surface area (Å²) in [6, 6.07) is 9.93. The molecule has 0 saturated heterocycles. The van der Waals surface area contributed by atoms with Crippen molar-refractivity contribution in [2.45, 2.75) is 11.1 Å². The number of hydrogen-bond acceptors (Lipinski definition) is 6. The van der Waals surface area contributed by atoms with E-state index in [0.29, 0.717) is 6.61 Å². The summed E-state index contributed by atoms with van der Waals surface area (Å²) < 4.78 is 6.61. The van der Waals surface area contributed by atoms with Gasteiger partial charge in [0.15, 0.2) is 0 Å². The van der Waals surface area contributed by atoms with Gasteiger partial charge in [-0.05, 0) is 43.5 Å². The minimum absolute atomic E-state index is 0.102. The van der Waals surface area contributed by atoms with Crippen molar-refractivity contribution >= 4 is 40.3 Å². The molecule has 0 bridgehead atoms. The molecule has 0 aliphatic heterocycles. The van der Waals surface area contributed by atoms with Gasteiger partial charge >= 0.3 is 0 Å². The second-order valence-corrected chi connectivity index (χ2v) is 7.91. The van der Waals surface area contributed by atoms with E-state index in [1.165, 1.54) is 11.3 Å². The van der Waals surface area contributed by atoms with E-state index in [2.05, 4.69) is 5.38 Å². The molecule has 0 radical (unpaired) electrons. The van der Waals surface area contributed by atoms with Gasteiger partial charge in [0.25, 0.3) is 0 Å². The summed E-state index contributed by atoms with van der Waals surface area (Å²) in [7, 11) is 0. The first kappa shape index (κ1) is 17.0. The molecule has 2 aromatic heterocycles. The summed E-state index contributed by atoms with van der Waals surface area (Å²) in [6.45, 7) is 2.63. The van der Waals surface area contributed by atoms with Gasteiger partial charge < -0.3 is 10.5 Å². The third-order valence-electron chi connectivity index (χ3n) is 3.34.